The lowest BCUT2D eigenvalue weighted by atomic mass is 10.2. The molecule has 0 saturated carbocycles. The summed E-state index contributed by atoms with van der Waals surface area (Å²) in [6.07, 6.45) is 0. The fraction of sp³-hybridized carbons (Fsp3) is 0.875. The summed E-state index contributed by atoms with van der Waals surface area (Å²) in [5, 5.41) is 0. The molecule has 0 aliphatic heterocycles. The van der Waals surface area contributed by atoms with Crippen molar-refractivity contribution in [2.24, 2.45) is 11.7 Å². The van der Waals surface area contributed by atoms with E-state index in [2.05, 4.69) is 14.1 Å². The SMILES string of the molecule is CC(CSCC[NH+](C)C)C(N)=O. The average molecular weight is 191 g/mol. The van der Waals surface area contributed by atoms with Gasteiger partial charge in [-0.15, -0.1) is 0 Å². The zero-order chi connectivity index (χ0) is 9.56. The lowest BCUT2D eigenvalue weighted by Crippen LogP contribution is -3.06. The summed E-state index contributed by atoms with van der Waals surface area (Å²) >= 11 is 1.80. The van der Waals surface area contributed by atoms with Crippen LogP contribution in [0, 0.1) is 5.92 Å². The van der Waals surface area contributed by atoms with Gasteiger partial charge in [-0.3, -0.25) is 4.79 Å². The number of hydrogen-bond acceptors (Lipinski definition) is 2. The number of thioether (sulfide) groups is 1. The third-order valence-corrected chi connectivity index (χ3v) is 2.83. The molecule has 0 rings (SSSR count). The van der Waals surface area contributed by atoms with Crippen molar-refractivity contribution in [2.75, 3.05) is 32.1 Å². The first-order valence-corrected chi connectivity index (χ1v) is 5.35. The first-order valence-electron chi connectivity index (χ1n) is 4.20. The molecule has 0 aliphatic rings. The molecular formula is C8H19N2OS+. The monoisotopic (exact) mass is 191 g/mol. The first kappa shape index (κ1) is 11.8. The van der Waals surface area contributed by atoms with Gasteiger partial charge in [0, 0.05) is 17.4 Å². The predicted molar refractivity (Wildman–Crippen MR) is 53.4 cm³/mol. The van der Waals surface area contributed by atoms with Crippen LogP contribution >= 0.6 is 11.8 Å². The molecule has 1 atom stereocenters. The maximum Gasteiger partial charge on any atom is 0.221 e. The van der Waals surface area contributed by atoms with Crippen molar-refractivity contribution in [3.63, 3.8) is 0 Å². The Labute approximate surface area is 78.7 Å². The highest BCUT2D eigenvalue weighted by Crippen LogP contribution is 2.05. The molecule has 3 nitrogen and oxygen atoms in total. The largest absolute Gasteiger partial charge is 0.369 e. The fourth-order valence-corrected chi connectivity index (χ4v) is 1.86. The van der Waals surface area contributed by atoms with Crippen LogP contribution in [0.3, 0.4) is 0 Å². The number of rotatable bonds is 6. The Bertz CT molecular complexity index is 139. The topological polar surface area (TPSA) is 47.5 Å². The van der Waals surface area contributed by atoms with Crippen LogP contribution in [0.5, 0.6) is 0 Å². The van der Waals surface area contributed by atoms with E-state index in [0.717, 1.165) is 18.1 Å². The lowest BCUT2D eigenvalue weighted by Gasteiger charge is -2.08. The third-order valence-electron chi connectivity index (χ3n) is 1.60. The summed E-state index contributed by atoms with van der Waals surface area (Å²) in [5.74, 6) is 1.76. The molecule has 0 bridgehead atoms. The second-order valence-corrected chi connectivity index (χ2v) is 4.49. The van der Waals surface area contributed by atoms with E-state index in [0.29, 0.717) is 0 Å². The van der Waals surface area contributed by atoms with Crippen LogP contribution in [0.25, 0.3) is 0 Å². The summed E-state index contributed by atoms with van der Waals surface area (Å²) in [7, 11) is 4.25. The van der Waals surface area contributed by atoms with Crippen LogP contribution < -0.4 is 10.6 Å². The highest BCUT2D eigenvalue weighted by Gasteiger charge is 2.07. The Morgan fingerprint density at radius 3 is 2.58 bits per heavy atom. The van der Waals surface area contributed by atoms with Crippen molar-refractivity contribution < 1.29 is 9.69 Å². The number of quaternary nitrogens is 1. The van der Waals surface area contributed by atoms with Gasteiger partial charge in [-0.05, 0) is 0 Å². The van der Waals surface area contributed by atoms with E-state index in [9.17, 15) is 4.79 Å². The van der Waals surface area contributed by atoms with E-state index >= 15 is 0 Å². The van der Waals surface area contributed by atoms with Crippen LogP contribution in [-0.4, -0.2) is 38.1 Å². The smallest absolute Gasteiger partial charge is 0.221 e. The van der Waals surface area contributed by atoms with E-state index < -0.39 is 0 Å². The molecule has 0 aliphatic carbocycles. The van der Waals surface area contributed by atoms with Crippen LogP contribution in [0.1, 0.15) is 6.92 Å². The molecule has 0 radical (unpaired) electrons. The molecule has 0 saturated heterocycles. The summed E-state index contributed by atoms with van der Waals surface area (Å²) < 4.78 is 0. The van der Waals surface area contributed by atoms with Gasteiger partial charge in [-0.1, -0.05) is 6.92 Å². The highest BCUT2D eigenvalue weighted by atomic mass is 32.2. The van der Waals surface area contributed by atoms with Crippen LogP contribution in [-0.2, 0) is 4.79 Å². The van der Waals surface area contributed by atoms with E-state index in [1.54, 1.807) is 11.8 Å². The fourth-order valence-electron chi connectivity index (χ4n) is 0.619. The summed E-state index contributed by atoms with van der Waals surface area (Å²) in [6, 6.07) is 0. The van der Waals surface area contributed by atoms with E-state index in [-0.39, 0.29) is 11.8 Å². The molecule has 0 aromatic rings. The summed E-state index contributed by atoms with van der Waals surface area (Å²) in [5.41, 5.74) is 5.12. The van der Waals surface area contributed by atoms with Crippen LogP contribution in [0.4, 0.5) is 0 Å². The van der Waals surface area contributed by atoms with E-state index in [1.807, 2.05) is 6.92 Å². The van der Waals surface area contributed by atoms with Crippen molar-refractivity contribution in [3.8, 4) is 0 Å². The van der Waals surface area contributed by atoms with Crippen molar-refractivity contribution in [2.45, 2.75) is 6.92 Å². The molecule has 0 heterocycles. The number of amides is 1. The lowest BCUT2D eigenvalue weighted by molar-refractivity contribution is -0.855. The molecule has 3 N–H and O–H groups in total. The molecule has 0 aromatic heterocycles. The molecule has 4 heteroatoms. The molecule has 0 aromatic carbocycles. The molecule has 1 amide bonds. The number of nitrogens with one attached hydrogen (secondary N) is 1. The number of hydrogen-bond donors (Lipinski definition) is 2. The minimum atomic E-state index is -0.195. The number of carbonyl (C=O) groups excluding carboxylic acids is 1. The quantitative estimate of drug-likeness (QED) is 0.528. The molecule has 0 spiro atoms. The van der Waals surface area contributed by atoms with Gasteiger partial charge in [0.2, 0.25) is 5.91 Å². The van der Waals surface area contributed by atoms with Gasteiger partial charge in [-0.25, -0.2) is 0 Å². The van der Waals surface area contributed by atoms with Gasteiger partial charge in [-0.2, -0.15) is 11.8 Å². The van der Waals surface area contributed by atoms with Crippen molar-refractivity contribution >= 4 is 17.7 Å². The zero-order valence-corrected chi connectivity index (χ0v) is 8.91. The first-order chi connectivity index (χ1) is 5.54. The molecule has 0 fully saturated rings. The highest BCUT2D eigenvalue weighted by molar-refractivity contribution is 7.99. The van der Waals surface area contributed by atoms with Gasteiger partial charge in [0.25, 0.3) is 0 Å². The standard InChI is InChI=1S/C8H18N2OS/c1-7(8(9)11)6-12-5-4-10(2)3/h7H,4-6H2,1-3H3,(H2,9,11)/p+1. The molecule has 1 unspecified atom stereocenters. The normalized spacial score (nSPS) is 13.3. The minimum Gasteiger partial charge on any atom is -0.369 e. The molecule has 12 heavy (non-hydrogen) atoms. The van der Waals surface area contributed by atoms with Gasteiger partial charge < -0.3 is 10.6 Å². The Balaban J connectivity index is 3.25. The van der Waals surface area contributed by atoms with Gasteiger partial charge in [0.05, 0.1) is 20.6 Å². The summed E-state index contributed by atoms with van der Waals surface area (Å²) in [4.78, 5) is 12.1. The number of nitrogens with two attached hydrogens (primary N) is 1. The van der Waals surface area contributed by atoms with Gasteiger partial charge in [0.1, 0.15) is 0 Å². The van der Waals surface area contributed by atoms with E-state index in [1.165, 1.54) is 4.90 Å². The molecule has 72 valence electrons. The zero-order valence-electron chi connectivity index (χ0n) is 8.09. The van der Waals surface area contributed by atoms with Crippen molar-refractivity contribution in [3.05, 3.63) is 0 Å². The van der Waals surface area contributed by atoms with E-state index in [4.69, 9.17) is 5.73 Å². The Hall–Kier alpha value is -0.220. The predicted octanol–water partition coefficient (Wildman–Crippen LogP) is -1.01. The summed E-state index contributed by atoms with van der Waals surface area (Å²) in [6.45, 7) is 3.01. The van der Waals surface area contributed by atoms with Crippen molar-refractivity contribution in [1.82, 2.24) is 0 Å². The Morgan fingerprint density at radius 1 is 1.58 bits per heavy atom. The van der Waals surface area contributed by atoms with Crippen LogP contribution in [0.2, 0.25) is 0 Å². The number of primary amides is 1. The van der Waals surface area contributed by atoms with Gasteiger partial charge in [0.15, 0.2) is 0 Å². The van der Waals surface area contributed by atoms with Gasteiger partial charge >= 0.3 is 0 Å². The minimum absolute atomic E-state index is 0.00663. The maximum absolute atomic E-state index is 10.6. The van der Waals surface area contributed by atoms with Crippen LogP contribution in [0.15, 0.2) is 0 Å². The third kappa shape index (κ3) is 6.49. The average Bonchev–Trinajstić information content (AvgIpc) is 1.97. The second-order valence-electron chi connectivity index (χ2n) is 3.34. The Kier molecular flexibility index (Phi) is 6.20. The Morgan fingerprint density at radius 2 is 2.17 bits per heavy atom. The van der Waals surface area contributed by atoms with Crippen molar-refractivity contribution in [1.29, 1.82) is 0 Å². The maximum atomic E-state index is 10.6. The number of carbonyl (C=O) groups is 1. The second kappa shape index (κ2) is 6.31. The molecular weight excluding hydrogens is 172 g/mol.